The van der Waals surface area contributed by atoms with Gasteiger partial charge in [-0.1, -0.05) is 146 Å². The first-order valence-electron chi connectivity index (χ1n) is 19.1. The smallest absolute Gasteiger partial charge is 0.187 e. The summed E-state index contributed by atoms with van der Waals surface area (Å²) in [6, 6.07) is 65.3. The molecule has 58 heavy (non-hydrogen) atoms. The molecule has 0 saturated carbocycles. The van der Waals surface area contributed by atoms with E-state index in [1.54, 1.807) is 0 Å². The third-order valence-corrected chi connectivity index (χ3v) is 12.0. The van der Waals surface area contributed by atoms with Crippen molar-refractivity contribution in [3.05, 3.63) is 199 Å². The average Bonchev–Trinajstić information content (AvgIpc) is 3.84. The van der Waals surface area contributed by atoms with E-state index in [4.69, 9.17) is 21.5 Å². The Labute approximate surface area is 338 Å². The summed E-state index contributed by atoms with van der Waals surface area (Å²) >= 11 is 1.82. The van der Waals surface area contributed by atoms with Gasteiger partial charge >= 0.3 is 0 Å². The van der Waals surface area contributed by atoms with E-state index in [9.17, 15) is 0 Å². The van der Waals surface area contributed by atoms with Gasteiger partial charge in [-0.3, -0.25) is 0 Å². The maximum atomic E-state index is 7.65. The highest BCUT2D eigenvalue weighted by atomic mass is 32.1. The summed E-state index contributed by atoms with van der Waals surface area (Å²) < 4.78 is 4.87. The molecule has 0 N–H and O–H groups in total. The molecule has 0 aliphatic heterocycles. The Bertz CT molecular complexity index is 3360. The minimum Gasteiger partial charge on any atom is -0.308 e. The first kappa shape index (κ1) is 33.6. The van der Waals surface area contributed by atoms with Crippen molar-refractivity contribution in [2.75, 3.05) is 0 Å². The Morgan fingerprint density at radius 2 is 0.948 bits per heavy atom. The van der Waals surface area contributed by atoms with E-state index < -0.39 is 0 Å². The number of benzene rings is 8. The monoisotopic (exact) mass is 757 g/mol. The van der Waals surface area contributed by atoms with Crippen molar-refractivity contribution < 1.29 is 0 Å². The Kier molecular flexibility index (Phi) is 7.99. The number of thiophene rings is 1. The standard InChI is InChI=1S/C52H31N5S/c1-53-39-18-12-17-35(29-39)37-23-26-41-40-19-8-10-21-45(40)57(47(41)31-37)46-28-25-36(38-24-27-43-42-20-9-11-22-48(42)58-49(43)32-38)30-44(46)52-55-50(33-13-4-2-5-14-33)54-51(56-52)34-15-6-3-7-16-34/h2-32H. The normalized spacial score (nSPS) is 11.4. The molecule has 3 aromatic heterocycles. The van der Waals surface area contributed by atoms with E-state index in [-0.39, 0.29) is 0 Å². The first-order chi connectivity index (χ1) is 28.7. The number of para-hydroxylation sites is 1. The minimum absolute atomic E-state index is 0.583. The molecular formula is C52H31N5S. The number of fused-ring (bicyclic) bond motifs is 6. The second-order valence-corrected chi connectivity index (χ2v) is 15.4. The van der Waals surface area contributed by atoms with Gasteiger partial charge in [0, 0.05) is 47.6 Å². The SMILES string of the molecule is [C-]#[N+]c1cccc(-c2ccc3c4ccccc4n(-c4ccc(-c5ccc6c(c5)sc5ccccc56)cc4-c4nc(-c5ccccc5)nc(-c5ccccc5)n4)c3c2)c1. The van der Waals surface area contributed by atoms with Gasteiger partial charge in [0.15, 0.2) is 23.2 Å². The van der Waals surface area contributed by atoms with E-state index in [2.05, 4.69) is 119 Å². The van der Waals surface area contributed by atoms with Gasteiger partial charge in [0.1, 0.15) is 0 Å². The fourth-order valence-corrected chi connectivity index (χ4v) is 9.23. The third-order valence-electron chi connectivity index (χ3n) is 10.9. The maximum Gasteiger partial charge on any atom is 0.187 e. The fraction of sp³-hybridized carbons (Fsp3) is 0. The highest BCUT2D eigenvalue weighted by Crippen LogP contribution is 2.41. The third kappa shape index (κ3) is 5.73. The van der Waals surface area contributed by atoms with Crippen LogP contribution in [0.25, 0.3) is 109 Å². The van der Waals surface area contributed by atoms with Crippen LogP contribution in [0.15, 0.2) is 188 Å². The lowest BCUT2D eigenvalue weighted by Gasteiger charge is -2.17. The molecule has 11 rings (SSSR count). The summed E-state index contributed by atoms with van der Waals surface area (Å²) in [5.41, 5.74) is 10.6. The molecule has 0 saturated heterocycles. The van der Waals surface area contributed by atoms with Crippen molar-refractivity contribution in [3.63, 3.8) is 0 Å². The second kappa shape index (κ2) is 13.8. The van der Waals surface area contributed by atoms with Gasteiger partial charge in [-0.2, -0.15) is 0 Å². The van der Waals surface area contributed by atoms with Crippen LogP contribution >= 0.6 is 11.3 Å². The van der Waals surface area contributed by atoms with Gasteiger partial charge in [-0.25, -0.2) is 19.8 Å². The highest BCUT2D eigenvalue weighted by Gasteiger charge is 2.21. The van der Waals surface area contributed by atoms with E-state index >= 15 is 0 Å². The Balaban J connectivity index is 1.20. The van der Waals surface area contributed by atoms with Crippen LogP contribution in [0.4, 0.5) is 5.69 Å². The Morgan fingerprint density at radius 3 is 1.71 bits per heavy atom. The van der Waals surface area contributed by atoms with E-state index in [0.29, 0.717) is 23.2 Å². The van der Waals surface area contributed by atoms with Crippen LogP contribution in [0.1, 0.15) is 0 Å². The maximum absolute atomic E-state index is 7.65. The molecule has 0 atom stereocenters. The van der Waals surface area contributed by atoms with Crippen LogP contribution in [0.5, 0.6) is 0 Å². The van der Waals surface area contributed by atoms with Crippen molar-refractivity contribution in [2.24, 2.45) is 0 Å². The molecule has 0 fully saturated rings. The van der Waals surface area contributed by atoms with Gasteiger partial charge in [0.05, 0.1) is 23.3 Å². The van der Waals surface area contributed by atoms with Crippen molar-refractivity contribution >= 4 is 59.0 Å². The summed E-state index contributed by atoms with van der Waals surface area (Å²) in [6.45, 7) is 7.65. The molecule has 0 bridgehead atoms. The molecule has 0 spiro atoms. The molecule has 270 valence electrons. The highest BCUT2D eigenvalue weighted by molar-refractivity contribution is 7.25. The topological polar surface area (TPSA) is 48.0 Å². The minimum atomic E-state index is 0.583. The molecule has 0 amide bonds. The molecule has 0 aliphatic rings. The van der Waals surface area contributed by atoms with E-state index in [1.807, 2.05) is 90.2 Å². The Morgan fingerprint density at radius 1 is 0.397 bits per heavy atom. The first-order valence-corrected chi connectivity index (χ1v) is 19.9. The zero-order valence-electron chi connectivity index (χ0n) is 31.0. The van der Waals surface area contributed by atoms with Gasteiger partial charge in [-0.15, -0.1) is 11.3 Å². The molecule has 0 unspecified atom stereocenters. The predicted octanol–water partition coefficient (Wildman–Crippen LogP) is 14.2. The Hall–Kier alpha value is -7.72. The molecule has 3 heterocycles. The molecule has 11 aromatic rings. The van der Waals surface area contributed by atoms with Crippen molar-refractivity contribution in [1.29, 1.82) is 0 Å². The lowest BCUT2D eigenvalue weighted by atomic mass is 9.99. The van der Waals surface area contributed by atoms with Crippen LogP contribution in [-0.4, -0.2) is 19.5 Å². The molecule has 0 radical (unpaired) electrons. The number of nitrogens with zero attached hydrogens (tertiary/aromatic N) is 5. The molecular weight excluding hydrogens is 727 g/mol. The summed E-state index contributed by atoms with van der Waals surface area (Å²) in [6.07, 6.45) is 0. The van der Waals surface area contributed by atoms with Gasteiger partial charge in [-0.05, 0) is 64.7 Å². The van der Waals surface area contributed by atoms with Gasteiger partial charge in [0.2, 0.25) is 0 Å². The average molecular weight is 758 g/mol. The summed E-state index contributed by atoms with van der Waals surface area (Å²) in [7, 11) is 0. The van der Waals surface area contributed by atoms with Gasteiger partial charge in [0.25, 0.3) is 0 Å². The van der Waals surface area contributed by atoms with Crippen molar-refractivity contribution in [1.82, 2.24) is 19.5 Å². The molecule has 5 nitrogen and oxygen atoms in total. The molecule has 6 heteroatoms. The van der Waals surface area contributed by atoms with Crippen LogP contribution < -0.4 is 0 Å². The number of aromatic nitrogens is 4. The van der Waals surface area contributed by atoms with Crippen LogP contribution in [-0.2, 0) is 0 Å². The number of hydrogen-bond donors (Lipinski definition) is 0. The quantitative estimate of drug-likeness (QED) is 0.159. The van der Waals surface area contributed by atoms with Gasteiger partial charge < -0.3 is 4.57 Å². The number of hydrogen-bond acceptors (Lipinski definition) is 4. The zero-order chi connectivity index (χ0) is 38.6. The van der Waals surface area contributed by atoms with Crippen LogP contribution in [0.3, 0.4) is 0 Å². The largest absolute Gasteiger partial charge is 0.308 e. The van der Waals surface area contributed by atoms with E-state index in [1.165, 1.54) is 20.2 Å². The fourth-order valence-electron chi connectivity index (χ4n) is 8.09. The second-order valence-electron chi connectivity index (χ2n) is 14.3. The molecule has 8 aromatic carbocycles. The lowest BCUT2D eigenvalue weighted by molar-refractivity contribution is 1.06. The summed E-state index contributed by atoms with van der Waals surface area (Å²) in [5, 5.41) is 4.83. The summed E-state index contributed by atoms with van der Waals surface area (Å²) in [4.78, 5) is 19.3. The van der Waals surface area contributed by atoms with Crippen LogP contribution in [0, 0.1) is 6.57 Å². The van der Waals surface area contributed by atoms with Crippen LogP contribution in [0.2, 0.25) is 0 Å². The van der Waals surface area contributed by atoms with Crippen molar-refractivity contribution in [3.8, 4) is 62.1 Å². The number of rotatable bonds is 6. The predicted molar refractivity (Wildman–Crippen MR) is 240 cm³/mol. The zero-order valence-corrected chi connectivity index (χ0v) is 31.9. The lowest BCUT2D eigenvalue weighted by Crippen LogP contribution is -2.04. The summed E-state index contributed by atoms with van der Waals surface area (Å²) in [5.74, 6) is 1.80. The van der Waals surface area contributed by atoms with Crippen molar-refractivity contribution in [2.45, 2.75) is 0 Å². The molecule has 0 aliphatic carbocycles. The van der Waals surface area contributed by atoms with E-state index in [0.717, 1.165) is 66.4 Å².